The van der Waals surface area contributed by atoms with Gasteiger partial charge in [0, 0.05) is 61.6 Å². The number of carboxylic acids is 1. The van der Waals surface area contributed by atoms with Crippen LogP contribution >= 0.6 is 0 Å². The average Bonchev–Trinajstić information content (AvgIpc) is 3.61. The summed E-state index contributed by atoms with van der Waals surface area (Å²) in [6, 6.07) is -18.4. The van der Waals surface area contributed by atoms with E-state index in [0.29, 0.717) is 0 Å². The van der Waals surface area contributed by atoms with E-state index in [-0.39, 0.29) is 0 Å². The first kappa shape index (κ1) is 6.47. The Kier molecular flexibility index (Phi) is 2.16. The molecule has 0 aromatic heterocycles. The lowest BCUT2D eigenvalue weighted by Crippen LogP contribution is -2.42. The van der Waals surface area contributed by atoms with E-state index in [9.17, 15) is 14.4 Å². The Hall–Kier alpha value is -3.26. The number of fused-ring (bicyclic) bond motifs is 1. The van der Waals surface area contributed by atoms with Gasteiger partial charge in [-0.2, -0.15) is 0 Å². The van der Waals surface area contributed by atoms with E-state index in [1.165, 1.54) is 0 Å². The average molecular weight is 549 g/mol. The van der Waals surface area contributed by atoms with Gasteiger partial charge in [0.2, 0.25) is 12.7 Å². The summed E-state index contributed by atoms with van der Waals surface area (Å²) >= 11 is 0. The number of carboxylic acid groups (broad SMARTS) is 1. The fourth-order valence-electron chi connectivity index (χ4n) is 2.82. The summed E-state index contributed by atoms with van der Waals surface area (Å²) in [5.41, 5.74) is -4.35. The summed E-state index contributed by atoms with van der Waals surface area (Å²) in [7, 11) is -3.73. The molecule has 37 heavy (non-hydrogen) atoms. The first-order valence-electron chi connectivity index (χ1n) is 28.3. The lowest BCUT2D eigenvalue weighted by molar-refractivity contribution is -0.144. The zero-order valence-corrected chi connectivity index (χ0v) is 17.8. The molecule has 0 saturated carbocycles. The summed E-state index contributed by atoms with van der Waals surface area (Å²) in [6.45, 7) is -34.3. The number of hydrogen-bond donors (Lipinski definition) is 1. The van der Waals surface area contributed by atoms with Crippen molar-refractivity contribution in [3.8, 4) is 17.2 Å². The third-order valence-electron chi connectivity index (χ3n) is 4.23. The van der Waals surface area contributed by atoms with Gasteiger partial charge in [0.1, 0.15) is 8.49 Å². The van der Waals surface area contributed by atoms with Gasteiger partial charge in [-0.25, -0.2) is 0 Å². The number of aliphatic carboxylic acids is 1. The number of carbonyl (C=O) groups is 2. The summed E-state index contributed by atoms with van der Waals surface area (Å²) in [6.07, 6.45) is -20.1. The van der Waals surface area contributed by atoms with Gasteiger partial charge in [-0.15, -0.1) is 0 Å². The highest BCUT2D eigenvalue weighted by molar-refractivity contribution is 5.79. The van der Waals surface area contributed by atoms with Crippen molar-refractivity contribution in [2.24, 2.45) is 5.89 Å². The number of nitrogens with zero attached hydrogens (tertiary/aromatic N) is 2. The number of carbonyl (C=O) groups excluding carboxylic acids is 1. The van der Waals surface area contributed by atoms with Gasteiger partial charge in [0.05, 0.1) is 37.2 Å². The molecule has 2 aliphatic heterocycles. The molecule has 2 aromatic rings. The minimum absolute atomic E-state index is 1.24. The van der Waals surface area contributed by atoms with Gasteiger partial charge in [0.15, 0.2) is 11.5 Å². The van der Waals surface area contributed by atoms with Gasteiger partial charge < -0.3 is 24.2 Å². The lowest BCUT2D eigenvalue weighted by Gasteiger charge is -2.30. The van der Waals surface area contributed by atoms with Crippen LogP contribution in [-0.2, 0) is 9.59 Å². The fraction of sp³-hybridized carbons (Fsp3) is 0.517. The van der Waals surface area contributed by atoms with Gasteiger partial charge in [0.25, 0.3) is 1.43 Å². The summed E-state index contributed by atoms with van der Waals surface area (Å²) in [4.78, 5) is 26.5. The first-order valence-corrected chi connectivity index (χ1v) is 9.43. The summed E-state index contributed by atoms with van der Waals surface area (Å²) in [5.74, 6) is -21.1. The maximum atomic E-state index is 15.4. The Bertz CT molecular complexity index is 2600. The number of ether oxygens (including phenoxy) is 3. The predicted octanol–water partition coefficient (Wildman–Crippen LogP) is 4.69. The van der Waals surface area contributed by atoms with E-state index in [4.69, 9.17) is 52.0 Å². The number of benzene rings is 2. The molecule has 1 fully saturated rings. The second-order valence-electron chi connectivity index (χ2n) is 6.31. The highest BCUT2D eigenvalue weighted by Crippen LogP contribution is 2.47. The minimum Gasteiger partial charge on any atom is -0.497 e. The number of amides is 1. The van der Waals surface area contributed by atoms with Crippen molar-refractivity contribution in [2.75, 3.05) is 39.8 Å². The van der Waals surface area contributed by atoms with E-state index in [2.05, 4.69) is 9.85 Å². The van der Waals surface area contributed by atoms with Crippen molar-refractivity contribution in [3.63, 3.8) is 0 Å². The third-order valence-corrected chi connectivity index (χ3v) is 4.23. The van der Waals surface area contributed by atoms with E-state index in [1.54, 1.807) is 0 Å². The highest BCUT2D eigenvalue weighted by Gasteiger charge is 2.48. The molecule has 3 atom stereocenters. The molecule has 2 aromatic carbocycles. The van der Waals surface area contributed by atoms with Crippen molar-refractivity contribution >= 4 is 11.9 Å². The summed E-state index contributed by atoms with van der Waals surface area (Å²) < 4.78 is 336. The van der Waals surface area contributed by atoms with Gasteiger partial charge in [-0.05, 0) is 48.0 Å². The molecule has 2 heterocycles. The Morgan fingerprint density at radius 3 is 2.62 bits per heavy atom. The monoisotopic (exact) mass is 549 g/mol. The predicted molar refractivity (Wildman–Crippen MR) is 140 cm³/mol. The first-order chi connectivity index (χ1) is 32.8. The third kappa shape index (κ3) is 6.01. The molecule has 0 radical (unpaired) electrons. The van der Waals surface area contributed by atoms with Crippen LogP contribution in [0.5, 0.6) is 17.2 Å². The van der Waals surface area contributed by atoms with Crippen molar-refractivity contribution < 1.29 is 79.6 Å². The minimum atomic E-state index is -5.64. The zero-order valence-electron chi connectivity index (χ0n) is 55.8. The molecule has 0 aliphatic carbocycles. The lowest BCUT2D eigenvalue weighted by atomic mass is 9.82. The molecule has 2 aliphatic rings. The standard InChI is InChI=1S/C29H38N2O6/c1-4-6-14-30(15-7-5-2)26(32)18-31-17-23(21-10-13-24-25(16-21)37-19-36-24)27(29(33)34)28(31)20-8-11-22(35-3)12-9-20/h8-13,16,23,27-28H,4-7,14-15,17-19H2,1-3H3,(H,33,34)/t23-,27-,28+/m1/s1/i1D3,2D3,3D3,4D2,5D2,6D2,7D2,8D,9D,10D,11D,12D,13D,14D2,15D2,16D,17D2,18D2,19D2,23D,27D,28D/hD. The van der Waals surface area contributed by atoms with E-state index < -0.39 is 189 Å². The van der Waals surface area contributed by atoms with Crippen molar-refractivity contribution in [1.82, 2.24) is 9.80 Å². The van der Waals surface area contributed by atoms with Crippen LogP contribution in [0.15, 0.2) is 42.3 Å². The van der Waals surface area contributed by atoms with Crippen LogP contribution in [0.4, 0.5) is 0 Å². The number of rotatable bonds is 12. The van der Waals surface area contributed by atoms with Crippen LogP contribution in [0.3, 0.4) is 0 Å². The Labute approximate surface area is 272 Å². The molecule has 1 amide bonds. The molecule has 1 N–H and O–H groups in total. The Balaban J connectivity index is 2.48. The second-order valence-corrected chi connectivity index (χ2v) is 6.31. The van der Waals surface area contributed by atoms with Crippen LogP contribution in [0.2, 0.25) is 0 Å². The van der Waals surface area contributed by atoms with Gasteiger partial charge >= 0.3 is 5.97 Å². The van der Waals surface area contributed by atoms with Crippen LogP contribution in [0.1, 0.15) is 113 Å². The smallest absolute Gasteiger partial charge is 0.309 e. The largest absolute Gasteiger partial charge is 0.497 e. The highest BCUT2D eigenvalue weighted by atomic mass is 16.7. The molecule has 0 spiro atoms. The van der Waals surface area contributed by atoms with Crippen molar-refractivity contribution in [1.29, 1.82) is 1.43 Å². The molecule has 0 unspecified atom stereocenters. The second kappa shape index (κ2) is 12.3. The molecule has 8 heteroatoms. The van der Waals surface area contributed by atoms with Gasteiger partial charge in [-0.3, -0.25) is 14.5 Å². The molecular formula is C29H38N2O6. The normalized spacial score (nSPS) is 48.0. The number of likely N-dealkylation sites (tertiary alicyclic amines) is 1. The number of hydrogen-bond acceptors (Lipinski definition) is 7. The molecule has 8 nitrogen and oxygen atoms in total. The van der Waals surface area contributed by atoms with Gasteiger partial charge in [-0.1, -0.05) is 44.6 Å². The van der Waals surface area contributed by atoms with Crippen LogP contribution in [0, 0.1) is 5.89 Å². The summed E-state index contributed by atoms with van der Waals surface area (Å²) in [5, 5.41) is 3.90. The maximum Gasteiger partial charge on any atom is 0.309 e. The van der Waals surface area contributed by atoms with Crippen LogP contribution < -0.4 is 14.2 Å². The van der Waals surface area contributed by atoms with Crippen LogP contribution in [0.25, 0.3) is 1.43 Å². The molecule has 200 valence electrons. The quantitative estimate of drug-likeness (QED) is 0.411. The van der Waals surface area contributed by atoms with Crippen LogP contribution in [-0.4, -0.2) is 66.6 Å². The maximum absolute atomic E-state index is 15.4. The molecular weight excluding hydrogens is 472 g/mol. The fourth-order valence-corrected chi connectivity index (χ4v) is 2.82. The van der Waals surface area contributed by atoms with E-state index >= 15 is 4.79 Å². The number of methoxy groups -OCH3 is 1. The SMILES string of the molecule is [2H]OC(=O)[C@]1([2H])[C@@]([2H])(c2c([2H])c([2H])c3c(c2[2H])OC([2H])([2H])O3)C([2H])([2H])N(C([2H])([2H])C(=O)N(C([2H])([2H])C([2H])([2H])C([2H])([2H])C([2H])([2H])[2H])C([2H])([2H])C([2H])([2H])C([2H])([2H])C([2H])([2H])[2H])[C@@]1([2H])c1c([2H])c([2H])c(OC([2H])([2H])[2H])c([2H])c1[2H]. The molecule has 0 bridgehead atoms. The van der Waals surface area contributed by atoms with E-state index in [0.717, 1.165) is 0 Å². The van der Waals surface area contributed by atoms with E-state index in [1.807, 2.05) is 0 Å². The van der Waals surface area contributed by atoms with Crippen molar-refractivity contribution in [2.45, 2.75) is 51.1 Å². The van der Waals surface area contributed by atoms with Crippen molar-refractivity contribution in [3.05, 3.63) is 53.4 Å². The topological polar surface area (TPSA) is 88.5 Å². The Morgan fingerprint density at radius 1 is 1.19 bits per heavy atom. The zero-order chi connectivity index (χ0) is 59.6. The Morgan fingerprint density at radius 2 is 1.92 bits per heavy atom. The molecule has 1 saturated heterocycles. The molecule has 4 rings (SSSR count).